The minimum Gasteiger partial charge on any atom is -0.506 e. The van der Waals surface area contributed by atoms with Crippen LogP contribution in [0, 0.1) is 13.8 Å². The molecule has 1 aromatic rings. The van der Waals surface area contributed by atoms with E-state index in [0.29, 0.717) is 16.8 Å². The van der Waals surface area contributed by atoms with Gasteiger partial charge in [-0.05, 0) is 19.4 Å². The molecule has 0 bridgehead atoms. The van der Waals surface area contributed by atoms with Gasteiger partial charge in [-0.25, -0.2) is 0 Å². The minimum absolute atomic E-state index is 0.0767. The van der Waals surface area contributed by atoms with Crippen molar-refractivity contribution in [2.75, 3.05) is 0 Å². The Labute approximate surface area is 79.1 Å². The average Bonchev–Trinajstić information content (AvgIpc) is 2.18. The first-order valence-corrected chi connectivity index (χ1v) is 4.41. The number of hydrogen-bond donors (Lipinski definition) is 2. The molecule has 3 heteroatoms. The van der Waals surface area contributed by atoms with E-state index in [-0.39, 0.29) is 12.4 Å². The molecule has 0 atom stereocenters. The van der Waals surface area contributed by atoms with Crippen LogP contribution in [-0.4, -0.2) is 15.2 Å². The molecule has 0 radical (unpaired) electrons. The van der Waals surface area contributed by atoms with Gasteiger partial charge in [-0.15, -0.1) is 0 Å². The van der Waals surface area contributed by atoms with E-state index in [9.17, 15) is 5.11 Å². The summed E-state index contributed by atoms with van der Waals surface area (Å²) in [6, 6.07) is 0. The van der Waals surface area contributed by atoms with E-state index < -0.39 is 0 Å². The van der Waals surface area contributed by atoms with Gasteiger partial charge in [-0.1, -0.05) is 13.8 Å². The van der Waals surface area contributed by atoms with Gasteiger partial charge in [0.05, 0.1) is 12.3 Å². The third kappa shape index (κ3) is 2.70. The van der Waals surface area contributed by atoms with Crippen molar-refractivity contribution in [3.63, 3.8) is 0 Å². The van der Waals surface area contributed by atoms with E-state index >= 15 is 0 Å². The lowest BCUT2D eigenvalue weighted by molar-refractivity contribution is 0.279. The molecule has 0 unspecified atom stereocenters. The van der Waals surface area contributed by atoms with E-state index in [1.807, 2.05) is 13.8 Å². The largest absolute Gasteiger partial charge is 0.506 e. The third-order valence-corrected chi connectivity index (χ3v) is 1.76. The number of hydrogen-bond acceptors (Lipinski definition) is 3. The van der Waals surface area contributed by atoms with E-state index in [4.69, 9.17) is 5.11 Å². The van der Waals surface area contributed by atoms with E-state index in [1.165, 1.54) is 0 Å². The summed E-state index contributed by atoms with van der Waals surface area (Å²) >= 11 is 0. The lowest BCUT2D eigenvalue weighted by atomic mass is 10.1. The summed E-state index contributed by atoms with van der Waals surface area (Å²) in [4.78, 5) is 3.90. The Balaban J connectivity index is 0.000000671. The highest BCUT2D eigenvalue weighted by Gasteiger charge is 2.05. The van der Waals surface area contributed by atoms with Gasteiger partial charge in [0.25, 0.3) is 0 Å². The maximum absolute atomic E-state index is 9.34. The highest BCUT2D eigenvalue weighted by Crippen LogP contribution is 2.21. The van der Waals surface area contributed by atoms with Gasteiger partial charge in [0.1, 0.15) is 5.75 Å². The van der Waals surface area contributed by atoms with Crippen LogP contribution in [0.15, 0.2) is 6.20 Å². The van der Waals surface area contributed by atoms with Crippen LogP contribution in [0.25, 0.3) is 0 Å². The fraction of sp³-hybridized carbons (Fsp3) is 0.500. The number of pyridine rings is 1. The summed E-state index contributed by atoms with van der Waals surface area (Å²) < 4.78 is 0. The zero-order valence-corrected chi connectivity index (χ0v) is 8.63. The molecule has 2 N–H and O–H groups in total. The topological polar surface area (TPSA) is 53.4 Å². The Morgan fingerprint density at radius 3 is 2.31 bits per heavy atom. The van der Waals surface area contributed by atoms with Gasteiger partial charge in [0.2, 0.25) is 0 Å². The minimum atomic E-state index is -0.0767. The molecular formula is C10H17NO2. The normalized spacial score (nSPS) is 9.00. The van der Waals surface area contributed by atoms with Crippen molar-refractivity contribution in [3.05, 3.63) is 23.0 Å². The van der Waals surface area contributed by atoms with E-state index in [1.54, 1.807) is 20.0 Å². The first-order chi connectivity index (χ1) is 6.16. The smallest absolute Gasteiger partial charge is 0.140 e. The number of aliphatic hydroxyl groups is 1. The van der Waals surface area contributed by atoms with Crippen LogP contribution in [0.5, 0.6) is 5.75 Å². The fourth-order valence-electron chi connectivity index (χ4n) is 0.916. The monoisotopic (exact) mass is 183 g/mol. The molecule has 1 aromatic heterocycles. The van der Waals surface area contributed by atoms with Gasteiger partial charge in [-0.2, -0.15) is 0 Å². The van der Waals surface area contributed by atoms with Crippen LogP contribution in [0.3, 0.4) is 0 Å². The van der Waals surface area contributed by atoms with Crippen molar-refractivity contribution in [2.45, 2.75) is 34.3 Å². The van der Waals surface area contributed by atoms with Crippen molar-refractivity contribution in [1.29, 1.82) is 0 Å². The first-order valence-electron chi connectivity index (χ1n) is 4.41. The molecule has 0 saturated heterocycles. The summed E-state index contributed by atoms with van der Waals surface area (Å²) in [7, 11) is 0. The summed E-state index contributed by atoms with van der Waals surface area (Å²) in [5.41, 5.74) is 1.98. The summed E-state index contributed by atoms with van der Waals surface area (Å²) in [5.74, 6) is 0.177. The van der Waals surface area contributed by atoms with Crippen LogP contribution in [0.4, 0.5) is 0 Å². The average molecular weight is 183 g/mol. The van der Waals surface area contributed by atoms with Gasteiger partial charge >= 0.3 is 0 Å². The maximum Gasteiger partial charge on any atom is 0.140 e. The Hall–Kier alpha value is -1.09. The lowest BCUT2D eigenvalue weighted by Gasteiger charge is -2.05. The molecule has 0 spiro atoms. The molecule has 0 amide bonds. The Kier molecular flexibility index (Phi) is 5.07. The molecule has 1 heterocycles. The van der Waals surface area contributed by atoms with Gasteiger partial charge in [0.15, 0.2) is 0 Å². The van der Waals surface area contributed by atoms with Gasteiger partial charge < -0.3 is 10.2 Å². The number of aryl methyl sites for hydroxylation is 1. The summed E-state index contributed by atoms with van der Waals surface area (Å²) in [5, 5.41) is 18.1. The quantitative estimate of drug-likeness (QED) is 0.699. The molecule has 0 aliphatic carbocycles. The molecule has 74 valence electrons. The number of rotatable bonds is 1. The van der Waals surface area contributed by atoms with Crippen molar-refractivity contribution in [1.82, 2.24) is 4.98 Å². The van der Waals surface area contributed by atoms with E-state index in [2.05, 4.69) is 4.98 Å². The molecular weight excluding hydrogens is 166 g/mol. The third-order valence-electron chi connectivity index (χ3n) is 1.76. The Morgan fingerprint density at radius 1 is 1.31 bits per heavy atom. The van der Waals surface area contributed by atoms with Crippen molar-refractivity contribution in [2.24, 2.45) is 0 Å². The molecule has 0 fully saturated rings. The second-order valence-corrected chi connectivity index (χ2v) is 2.50. The second-order valence-electron chi connectivity index (χ2n) is 2.50. The molecule has 0 aromatic carbocycles. The SMILES string of the molecule is CC.Cc1ncc(CO)c(C)c1O. The molecule has 0 aliphatic heterocycles. The zero-order valence-electron chi connectivity index (χ0n) is 8.63. The molecule has 0 saturated carbocycles. The van der Waals surface area contributed by atoms with Crippen molar-refractivity contribution in [3.8, 4) is 5.75 Å². The van der Waals surface area contributed by atoms with E-state index in [0.717, 1.165) is 0 Å². The number of nitrogens with zero attached hydrogens (tertiary/aromatic N) is 1. The highest BCUT2D eigenvalue weighted by molar-refractivity contribution is 5.38. The standard InChI is InChI=1S/C8H11NO2.C2H6/c1-5-7(4-10)3-9-6(2)8(5)11;1-2/h3,10-11H,4H2,1-2H3;1-2H3. The van der Waals surface area contributed by atoms with Gasteiger partial charge in [0, 0.05) is 11.8 Å². The maximum atomic E-state index is 9.34. The van der Waals surface area contributed by atoms with Crippen LogP contribution in [0.2, 0.25) is 0 Å². The lowest BCUT2D eigenvalue weighted by Crippen LogP contribution is -1.93. The highest BCUT2D eigenvalue weighted by atomic mass is 16.3. The van der Waals surface area contributed by atoms with Crippen molar-refractivity contribution >= 4 is 0 Å². The number of aliphatic hydroxyl groups excluding tert-OH is 1. The van der Waals surface area contributed by atoms with Crippen LogP contribution in [0.1, 0.15) is 30.7 Å². The molecule has 3 nitrogen and oxygen atoms in total. The van der Waals surface area contributed by atoms with Crippen LogP contribution in [-0.2, 0) is 6.61 Å². The number of aromatic hydroxyl groups is 1. The van der Waals surface area contributed by atoms with Gasteiger partial charge in [-0.3, -0.25) is 4.98 Å². The molecule has 1 rings (SSSR count). The number of aromatic nitrogens is 1. The first kappa shape index (κ1) is 11.9. The zero-order chi connectivity index (χ0) is 10.4. The Morgan fingerprint density at radius 2 is 1.85 bits per heavy atom. The predicted octanol–water partition coefficient (Wildman–Crippen LogP) is 1.92. The fourth-order valence-corrected chi connectivity index (χ4v) is 0.916. The predicted molar refractivity (Wildman–Crippen MR) is 52.6 cm³/mol. The van der Waals surface area contributed by atoms with Crippen molar-refractivity contribution < 1.29 is 10.2 Å². The summed E-state index contributed by atoms with van der Waals surface area (Å²) in [6.07, 6.45) is 1.57. The molecule has 0 aliphatic rings. The van der Waals surface area contributed by atoms with Crippen LogP contribution >= 0.6 is 0 Å². The Bertz CT molecular complexity index is 272. The van der Waals surface area contributed by atoms with Crippen LogP contribution < -0.4 is 0 Å². The second kappa shape index (κ2) is 5.54. The summed E-state index contributed by atoms with van der Waals surface area (Å²) in [6.45, 7) is 7.41. The molecule has 13 heavy (non-hydrogen) atoms.